The molecule has 1 heterocycles. The van der Waals surface area contributed by atoms with E-state index in [1.165, 1.54) is 0 Å². The minimum atomic E-state index is -0.160. The van der Waals surface area contributed by atoms with Gasteiger partial charge in [0, 0.05) is 13.1 Å². The second-order valence-corrected chi connectivity index (χ2v) is 6.37. The van der Waals surface area contributed by atoms with Crippen molar-refractivity contribution in [3.05, 3.63) is 53.9 Å². The first-order valence-corrected chi connectivity index (χ1v) is 8.84. The molecule has 0 bridgehead atoms. The second-order valence-electron chi connectivity index (χ2n) is 6.37. The Morgan fingerprint density at radius 3 is 2.73 bits per heavy atom. The van der Waals surface area contributed by atoms with Gasteiger partial charge < -0.3 is 20.3 Å². The number of anilines is 1. The number of carbonyl (C=O) groups excluding carboxylic acids is 1. The zero-order chi connectivity index (χ0) is 18.8. The predicted octanol–water partition coefficient (Wildman–Crippen LogP) is 2.43. The molecule has 0 aliphatic rings. The van der Waals surface area contributed by atoms with Gasteiger partial charge in [-0.05, 0) is 63.3 Å². The fraction of sp³-hybridized carbons (Fsp3) is 0.400. The van der Waals surface area contributed by atoms with E-state index in [1.54, 1.807) is 19.4 Å². The Bertz CT molecular complexity index is 686. The van der Waals surface area contributed by atoms with E-state index in [-0.39, 0.29) is 5.91 Å². The topological polar surface area (TPSA) is 66.5 Å². The van der Waals surface area contributed by atoms with Gasteiger partial charge in [-0.1, -0.05) is 12.1 Å². The Morgan fingerprint density at radius 2 is 2.04 bits per heavy atom. The molecule has 26 heavy (non-hydrogen) atoms. The summed E-state index contributed by atoms with van der Waals surface area (Å²) in [6, 6.07) is 11.5. The molecule has 0 radical (unpaired) electrons. The summed E-state index contributed by atoms with van der Waals surface area (Å²) >= 11 is 0. The standard InChI is InChI=1S/C20H28N4O2/c1-24(2)13-5-11-21-17-8-9-19(23-15-17)20(25)22-12-10-16-6-4-7-18(14-16)26-3/h4,6-9,14-15,21H,5,10-13H2,1-3H3,(H,22,25). The third kappa shape index (κ3) is 6.72. The van der Waals surface area contributed by atoms with Gasteiger partial charge in [0.15, 0.2) is 0 Å². The molecule has 0 aliphatic carbocycles. The van der Waals surface area contributed by atoms with Gasteiger partial charge in [0.1, 0.15) is 11.4 Å². The van der Waals surface area contributed by atoms with Crippen LogP contribution in [0, 0.1) is 0 Å². The van der Waals surface area contributed by atoms with E-state index in [9.17, 15) is 4.79 Å². The number of methoxy groups -OCH3 is 1. The van der Waals surface area contributed by atoms with E-state index >= 15 is 0 Å². The zero-order valence-corrected chi connectivity index (χ0v) is 15.8. The molecule has 0 fully saturated rings. The first kappa shape index (κ1) is 19.7. The molecule has 0 aliphatic heterocycles. The summed E-state index contributed by atoms with van der Waals surface area (Å²) in [5.74, 6) is 0.663. The van der Waals surface area contributed by atoms with Crippen LogP contribution in [0.1, 0.15) is 22.5 Å². The highest BCUT2D eigenvalue weighted by molar-refractivity contribution is 5.92. The lowest BCUT2D eigenvalue weighted by atomic mass is 10.1. The Morgan fingerprint density at radius 1 is 1.19 bits per heavy atom. The Labute approximate surface area is 155 Å². The lowest BCUT2D eigenvalue weighted by Crippen LogP contribution is -2.26. The summed E-state index contributed by atoms with van der Waals surface area (Å²) in [5, 5.41) is 6.21. The SMILES string of the molecule is COc1cccc(CCNC(=O)c2ccc(NCCCN(C)C)cn2)c1. The first-order chi connectivity index (χ1) is 12.6. The van der Waals surface area contributed by atoms with Crippen molar-refractivity contribution >= 4 is 11.6 Å². The van der Waals surface area contributed by atoms with Crippen molar-refractivity contribution in [1.82, 2.24) is 15.2 Å². The van der Waals surface area contributed by atoms with Crippen molar-refractivity contribution in [3.8, 4) is 5.75 Å². The highest BCUT2D eigenvalue weighted by Gasteiger charge is 2.06. The molecule has 0 saturated heterocycles. The van der Waals surface area contributed by atoms with Crippen molar-refractivity contribution in [2.45, 2.75) is 12.8 Å². The molecule has 2 aromatic rings. The van der Waals surface area contributed by atoms with E-state index < -0.39 is 0 Å². The first-order valence-electron chi connectivity index (χ1n) is 8.84. The van der Waals surface area contributed by atoms with E-state index in [4.69, 9.17) is 4.74 Å². The Balaban J connectivity index is 1.75. The molecule has 0 saturated carbocycles. The molecule has 6 heteroatoms. The van der Waals surface area contributed by atoms with Crippen LogP contribution in [0.25, 0.3) is 0 Å². The summed E-state index contributed by atoms with van der Waals surface area (Å²) < 4.78 is 5.20. The van der Waals surface area contributed by atoms with Crippen molar-refractivity contribution in [2.24, 2.45) is 0 Å². The molecule has 0 unspecified atom stereocenters. The molecular weight excluding hydrogens is 328 g/mol. The number of nitrogens with zero attached hydrogens (tertiary/aromatic N) is 2. The van der Waals surface area contributed by atoms with E-state index in [2.05, 4.69) is 34.6 Å². The Hall–Kier alpha value is -2.60. The third-order valence-corrected chi connectivity index (χ3v) is 3.94. The molecular formula is C20H28N4O2. The van der Waals surface area contributed by atoms with Crippen LogP contribution in [-0.2, 0) is 6.42 Å². The van der Waals surface area contributed by atoms with Crippen molar-refractivity contribution in [1.29, 1.82) is 0 Å². The van der Waals surface area contributed by atoms with Gasteiger partial charge in [-0.15, -0.1) is 0 Å². The maximum atomic E-state index is 12.2. The van der Waals surface area contributed by atoms with Gasteiger partial charge in [-0.3, -0.25) is 4.79 Å². The summed E-state index contributed by atoms with van der Waals surface area (Å²) in [6.07, 6.45) is 3.50. The van der Waals surface area contributed by atoms with Gasteiger partial charge in [-0.25, -0.2) is 4.98 Å². The van der Waals surface area contributed by atoms with Crippen LogP contribution in [-0.4, -0.2) is 56.6 Å². The lowest BCUT2D eigenvalue weighted by molar-refractivity contribution is 0.0949. The third-order valence-electron chi connectivity index (χ3n) is 3.94. The summed E-state index contributed by atoms with van der Waals surface area (Å²) in [5.41, 5.74) is 2.47. The van der Waals surface area contributed by atoms with Crippen LogP contribution < -0.4 is 15.4 Å². The average Bonchev–Trinajstić information content (AvgIpc) is 2.65. The largest absolute Gasteiger partial charge is 0.497 e. The van der Waals surface area contributed by atoms with E-state index in [1.807, 2.05) is 30.3 Å². The van der Waals surface area contributed by atoms with Crippen molar-refractivity contribution in [3.63, 3.8) is 0 Å². The monoisotopic (exact) mass is 356 g/mol. The number of benzene rings is 1. The highest BCUT2D eigenvalue weighted by atomic mass is 16.5. The zero-order valence-electron chi connectivity index (χ0n) is 15.8. The average molecular weight is 356 g/mol. The van der Waals surface area contributed by atoms with E-state index in [0.717, 1.165) is 42.9 Å². The number of pyridine rings is 1. The van der Waals surface area contributed by atoms with Crippen LogP contribution in [0.4, 0.5) is 5.69 Å². The van der Waals surface area contributed by atoms with Crippen LogP contribution in [0.15, 0.2) is 42.6 Å². The maximum Gasteiger partial charge on any atom is 0.269 e. The van der Waals surface area contributed by atoms with Crippen LogP contribution in [0.2, 0.25) is 0 Å². The second kappa shape index (κ2) is 10.4. The number of hydrogen-bond donors (Lipinski definition) is 2. The van der Waals surface area contributed by atoms with Crippen LogP contribution in [0.3, 0.4) is 0 Å². The number of aromatic nitrogens is 1. The van der Waals surface area contributed by atoms with Crippen LogP contribution in [0.5, 0.6) is 5.75 Å². The van der Waals surface area contributed by atoms with Gasteiger partial charge in [0.2, 0.25) is 0 Å². The molecule has 140 valence electrons. The molecule has 1 amide bonds. The minimum absolute atomic E-state index is 0.160. The number of rotatable bonds is 10. The number of carbonyl (C=O) groups is 1. The lowest BCUT2D eigenvalue weighted by Gasteiger charge is -2.11. The maximum absolute atomic E-state index is 12.2. The summed E-state index contributed by atoms with van der Waals surface area (Å²) in [4.78, 5) is 18.6. The summed E-state index contributed by atoms with van der Waals surface area (Å²) in [7, 11) is 5.76. The van der Waals surface area contributed by atoms with Gasteiger partial charge >= 0.3 is 0 Å². The van der Waals surface area contributed by atoms with Gasteiger partial charge in [0.05, 0.1) is 19.0 Å². The highest BCUT2D eigenvalue weighted by Crippen LogP contribution is 2.12. The molecule has 2 rings (SSSR count). The molecule has 0 spiro atoms. The van der Waals surface area contributed by atoms with E-state index in [0.29, 0.717) is 12.2 Å². The molecule has 6 nitrogen and oxygen atoms in total. The molecule has 1 aromatic carbocycles. The molecule has 2 N–H and O–H groups in total. The minimum Gasteiger partial charge on any atom is -0.497 e. The quantitative estimate of drug-likeness (QED) is 0.640. The number of hydrogen-bond acceptors (Lipinski definition) is 5. The number of nitrogens with one attached hydrogen (secondary N) is 2. The van der Waals surface area contributed by atoms with Crippen molar-refractivity contribution < 1.29 is 9.53 Å². The predicted molar refractivity (Wildman–Crippen MR) is 105 cm³/mol. The van der Waals surface area contributed by atoms with Gasteiger partial charge in [-0.2, -0.15) is 0 Å². The molecule has 1 aromatic heterocycles. The van der Waals surface area contributed by atoms with Crippen LogP contribution >= 0.6 is 0 Å². The molecule has 0 atom stereocenters. The Kier molecular flexibility index (Phi) is 7.89. The fourth-order valence-corrected chi connectivity index (χ4v) is 2.50. The van der Waals surface area contributed by atoms with Gasteiger partial charge in [0.25, 0.3) is 5.91 Å². The normalized spacial score (nSPS) is 10.6. The number of ether oxygens (including phenoxy) is 1. The number of amides is 1. The smallest absolute Gasteiger partial charge is 0.269 e. The summed E-state index contributed by atoms with van der Waals surface area (Å²) in [6.45, 7) is 2.47. The fourth-order valence-electron chi connectivity index (χ4n) is 2.50. The van der Waals surface area contributed by atoms with Crippen molar-refractivity contribution in [2.75, 3.05) is 46.2 Å².